The predicted octanol–water partition coefficient (Wildman–Crippen LogP) is 4.56. The van der Waals surface area contributed by atoms with Crippen LogP contribution in [0.3, 0.4) is 0 Å². The van der Waals surface area contributed by atoms with E-state index in [0.717, 1.165) is 16.9 Å². The lowest BCUT2D eigenvalue weighted by molar-refractivity contribution is -0.173. The van der Waals surface area contributed by atoms with Gasteiger partial charge in [-0.1, -0.05) is 43.0 Å². The van der Waals surface area contributed by atoms with Crippen LogP contribution in [0.25, 0.3) is 6.08 Å². The molecule has 2 aromatic rings. The average Bonchev–Trinajstić information content (AvgIpc) is 3.05. The van der Waals surface area contributed by atoms with E-state index < -0.39 is 23.7 Å². The molecule has 0 aliphatic heterocycles. The Morgan fingerprint density at radius 1 is 1.17 bits per heavy atom. The number of hydrogen-bond acceptors (Lipinski definition) is 3. The van der Waals surface area contributed by atoms with Crippen molar-refractivity contribution < 1.29 is 22.8 Å². The Labute approximate surface area is 135 Å². The zero-order chi connectivity index (χ0) is 17.0. The highest BCUT2D eigenvalue weighted by Gasteiger charge is 2.46. The van der Waals surface area contributed by atoms with Gasteiger partial charge in [0.15, 0.2) is 5.78 Å². The molecular formula is C17H13F3O2S. The molecule has 2 rings (SSSR count). The van der Waals surface area contributed by atoms with Crippen LogP contribution in [-0.2, 0) is 11.2 Å². The van der Waals surface area contributed by atoms with Gasteiger partial charge < -0.3 is 0 Å². The standard InChI is InChI=1S/C17H13F3O2S/c1-2-11-5-7-12(8-6-11)10-13(16(22)17(18,19)20)15(21)14-4-3-9-23-14/h2-9,13H,1,10H2. The molecule has 2 nitrogen and oxygen atoms in total. The van der Waals surface area contributed by atoms with Gasteiger partial charge in [0, 0.05) is 0 Å². The number of hydrogen-bond donors (Lipinski definition) is 0. The Bertz CT molecular complexity index is 700. The number of thiophene rings is 1. The fourth-order valence-electron chi connectivity index (χ4n) is 2.12. The third-order valence-electron chi connectivity index (χ3n) is 3.33. The summed E-state index contributed by atoms with van der Waals surface area (Å²) in [7, 11) is 0. The Morgan fingerprint density at radius 3 is 2.30 bits per heavy atom. The summed E-state index contributed by atoms with van der Waals surface area (Å²) in [6, 6.07) is 9.52. The third-order valence-corrected chi connectivity index (χ3v) is 4.22. The maximum absolute atomic E-state index is 12.8. The van der Waals surface area contributed by atoms with E-state index in [9.17, 15) is 22.8 Å². The molecule has 0 amide bonds. The summed E-state index contributed by atoms with van der Waals surface area (Å²) in [5.41, 5.74) is 1.29. The van der Waals surface area contributed by atoms with Gasteiger partial charge in [-0.3, -0.25) is 9.59 Å². The summed E-state index contributed by atoms with van der Waals surface area (Å²) < 4.78 is 38.4. The van der Waals surface area contributed by atoms with Crippen LogP contribution < -0.4 is 0 Å². The van der Waals surface area contributed by atoms with Gasteiger partial charge in [-0.2, -0.15) is 13.2 Å². The smallest absolute Gasteiger partial charge is 0.292 e. The first-order valence-corrected chi connectivity index (χ1v) is 7.61. The molecule has 0 bridgehead atoms. The Balaban J connectivity index is 2.31. The van der Waals surface area contributed by atoms with Crippen LogP contribution in [0.4, 0.5) is 13.2 Å². The molecule has 0 saturated heterocycles. The molecular weight excluding hydrogens is 325 g/mol. The van der Waals surface area contributed by atoms with Crippen molar-refractivity contribution in [3.63, 3.8) is 0 Å². The van der Waals surface area contributed by atoms with E-state index in [1.165, 1.54) is 6.07 Å². The topological polar surface area (TPSA) is 34.1 Å². The molecule has 1 heterocycles. The lowest BCUT2D eigenvalue weighted by Gasteiger charge is -2.16. The number of benzene rings is 1. The van der Waals surface area contributed by atoms with Gasteiger partial charge in [0.2, 0.25) is 5.78 Å². The van der Waals surface area contributed by atoms with E-state index >= 15 is 0 Å². The van der Waals surface area contributed by atoms with E-state index in [4.69, 9.17) is 0 Å². The van der Waals surface area contributed by atoms with Crippen LogP contribution in [0.2, 0.25) is 0 Å². The van der Waals surface area contributed by atoms with Crippen molar-refractivity contribution in [1.82, 2.24) is 0 Å². The lowest BCUT2D eigenvalue weighted by Crippen LogP contribution is -2.36. The molecule has 0 N–H and O–H groups in total. The van der Waals surface area contributed by atoms with Crippen LogP contribution in [0, 0.1) is 5.92 Å². The molecule has 0 saturated carbocycles. The molecule has 6 heteroatoms. The van der Waals surface area contributed by atoms with Crippen molar-refractivity contribution in [2.75, 3.05) is 0 Å². The van der Waals surface area contributed by atoms with Gasteiger partial charge in [-0.05, 0) is 29.0 Å². The van der Waals surface area contributed by atoms with Crippen molar-refractivity contribution in [2.24, 2.45) is 5.92 Å². The summed E-state index contributed by atoms with van der Waals surface area (Å²) in [5, 5.41) is 1.58. The molecule has 1 aromatic carbocycles. The first-order chi connectivity index (χ1) is 10.8. The minimum atomic E-state index is -5.04. The number of carbonyl (C=O) groups excluding carboxylic acids is 2. The molecule has 0 fully saturated rings. The molecule has 120 valence electrons. The van der Waals surface area contributed by atoms with Crippen molar-refractivity contribution in [1.29, 1.82) is 0 Å². The van der Waals surface area contributed by atoms with E-state index in [1.807, 2.05) is 0 Å². The number of ketones is 2. The molecule has 1 aromatic heterocycles. The molecule has 0 aliphatic carbocycles. The number of rotatable bonds is 6. The molecule has 0 aliphatic rings. The fourth-order valence-corrected chi connectivity index (χ4v) is 2.84. The summed E-state index contributed by atoms with van der Waals surface area (Å²) in [5.74, 6) is -4.57. The number of carbonyl (C=O) groups is 2. The van der Waals surface area contributed by atoms with Crippen molar-refractivity contribution >= 4 is 29.0 Å². The van der Waals surface area contributed by atoms with Crippen LogP contribution >= 0.6 is 11.3 Å². The van der Waals surface area contributed by atoms with Crippen LogP contribution in [0.5, 0.6) is 0 Å². The predicted molar refractivity (Wildman–Crippen MR) is 83.4 cm³/mol. The Hall–Kier alpha value is -2.21. The van der Waals surface area contributed by atoms with Crippen molar-refractivity contribution in [3.05, 3.63) is 64.4 Å². The summed E-state index contributed by atoms with van der Waals surface area (Å²) in [6.45, 7) is 3.59. The summed E-state index contributed by atoms with van der Waals surface area (Å²) >= 11 is 1.02. The lowest BCUT2D eigenvalue weighted by atomic mass is 9.90. The van der Waals surface area contributed by atoms with Gasteiger partial charge in [0.1, 0.15) is 0 Å². The second-order valence-corrected chi connectivity index (χ2v) is 5.85. The quantitative estimate of drug-likeness (QED) is 0.571. The molecule has 0 radical (unpaired) electrons. The van der Waals surface area contributed by atoms with Crippen molar-refractivity contribution in [2.45, 2.75) is 12.6 Å². The van der Waals surface area contributed by atoms with Gasteiger partial charge in [0.05, 0.1) is 10.8 Å². The second-order valence-electron chi connectivity index (χ2n) is 4.91. The normalized spacial score (nSPS) is 12.7. The highest BCUT2D eigenvalue weighted by molar-refractivity contribution is 7.12. The highest BCUT2D eigenvalue weighted by Crippen LogP contribution is 2.27. The van der Waals surface area contributed by atoms with Crippen LogP contribution in [-0.4, -0.2) is 17.7 Å². The van der Waals surface area contributed by atoms with E-state index in [-0.39, 0.29) is 11.3 Å². The van der Waals surface area contributed by atoms with Gasteiger partial charge in [-0.15, -0.1) is 11.3 Å². The highest BCUT2D eigenvalue weighted by atomic mass is 32.1. The SMILES string of the molecule is C=Cc1ccc(CC(C(=O)c2cccs2)C(=O)C(F)(F)F)cc1. The van der Waals surface area contributed by atoms with E-state index in [0.29, 0.717) is 5.56 Å². The molecule has 23 heavy (non-hydrogen) atoms. The summed E-state index contributed by atoms with van der Waals surface area (Å²) in [4.78, 5) is 24.1. The number of halogens is 3. The number of Topliss-reactive ketones (excluding diaryl/α,β-unsaturated/α-hetero) is 2. The second kappa shape index (κ2) is 6.91. The fraction of sp³-hybridized carbons (Fsp3) is 0.176. The minimum Gasteiger partial charge on any atom is -0.292 e. The first kappa shape index (κ1) is 17.1. The maximum Gasteiger partial charge on any atom is 0.450 e. The monoisotopic (exact) mass is 338 g/mol. The third kappa shape index (κ3) is 4.16. The number of alkyl halides is 3. The Kier molecular flexibility index (Phi) is 5.15. The molecule has 1 unspecified atom stereocenters. The largest absolute Gasteiger partial charge is 0.450 e. The average molecular weight is 338 g/mol. The van der Waals surface area contributed by atoms with E-state index in [1.54, 1.807) is 41.8 Å². The maximum atomic E-state index is 12.8. The first-order valence-electron chi connectivity index (χ1n) is 6.73. The van der Waals surface area contributed by atoms with Crippen molar-refractivity contribution in [3.8, 4) is 0 Å². The van der Waals surface area contributed by atoms with Crippen LogP contribution in [0.15, 0.2) is 48.4 Å². The van der Waals surface area contributed by atoms with E-state index in [2.05, 4.69) is 6.58 Å². The minimum absolute atomic E-state index is 0.148. The zero-order valence-electron chi connectivity index (χ0n) is 12.0. The molecule has 0 spiro atoms. The molecule has 1 atom stereocenters. The van der Waals surface area contributed by atoms with Gasteiger partial charge >= 0.3 is 6.18 Å². The van der Waals surface area contributed by atoms with Gasteiger partial charge in [0.25, 0.3) is 0 Å². The zero-order valence-corrected chi connectivity index (χ0v) is 12.8. The summed E-state index contributed by atoms with van der Waals surface area (Å²) in [6.07, 6.45) is -3.73. The Morgan fingerprint density at radius 2 is 1.83 bits per heavy atom. The van der Waals surface area contributed by atoms with Crippen LogP contribution in [0.1, 0.15) is 20.8 Å². The van der Waals surface area contributed by atoms with Gasteiger partial charge in [-0.25, -0.2) is 0 Å².